The average Bonchev–Trinajstić information content (AvgIpc) is 2.82. The molecule has 0 aromatic carbocycles. The van der Waals surface area contributed by atoms with Crippen molar-refractivity contribution in [3.63, 3.8) is 0 Å². The van der Waals surface area contributed by atoms with Gasteiger partial charge < -0.3 is 7.59 Å². The number of allylic oxidation sites excluding steroid dienone is 3. The van der Waals surface area contributed by atoms with Gasteiger partial charge in [-0.25, -0.2) is 0 Å². The van der Waals surface area contributed by atoms with Crippen molar-refractivity contribution in [2.24, 2.45) is 5.41 Å². The molecule has 1 heterocycles. The van der Waals surface area contributed by atoms with Crippen LogP contribution in [-0.2, 0) is 4.74 Å². The van der Waals surface area contributed by atoms with Crippen LogP contribution in [0.25, 0.3) is 0 Å². The minimum absolute atomic E-state index is 0. The van der Waals surface area contributed by atoms with Crippen molar-refractivity contribution in [1.82, 2.24) is 0 Å². The summed E-state index contributed by atoms with van der Waals surface area (Å²) in [7, 11) is 0. The number of halogens is 1. The molecule has 0 aromatic rings. The van der Waals surface area contributed by atoms with Crippen LogP contribution in [0.2, 0.25) is 0 Å². The first kappa shape index (κ1) is 17.7. The summed E-state index contributed by atoms with van der Waals surface area (Å²) in [6.45, 7) is 10.0. The Morgan fingerprint density at radius 2 is 1.88 bits per heavy atom. The van der Waals surface area contributed by atoms with E-state index in [4.69, 9.17) is 4.74 Å². The monoisotopic (exact) mass is 312 g/mol. The van der Waals surface area contributed by atoms with E-state index in [1.807, 2.05) is 0 Å². The molecular weight excluding hydrogens is 288 g/mol. The van der Waals surface area contributed by atoms with Gasteiger partial charge >= 0.3 is 23.1 Å². The fourth-order valence-electron chi connectivity index (χ4n) is 2.48. The molecule has 1 aliphatic heterocycles. The van der Waals surface area contributed by atoms with Gasteiger partial charge in [-0.1, -0.05) is 31.6 Å². The summed E-state index contributed by atoms with van der Waals surface area (Å²) in [6.07, 6.45) is 8.45. The van der Waals surface area contributed by atoms with E-state index in [-0.39, 0.29) is 48.5 Å². The van der Waals surface area contributed by atoms with Gasteiger partial charge in [0.25, 0.3) is 0 Å². The van der Waals surface area contributed by atoms with Crippen LogP contribution in [0.3, 0.4) is 0 Å². The molecule has 0 spiro atoms. The van der Waals surface area contributed by atoms with Gasteiger partial charge in [-0.15, -0.1) is 17.0 Å². The number of ether oxygens (including phenoxy) is 1. The molecule has 0 saturated carbocycles. The normalized spacial score (nSPS) is 30.8. The van der Waals surface area contributed by atoms with E-state index in [0.29, 0.717) is 5.41 Å². The van der Waals surface area contributed by atoms with Crippen molar-refractivity contribution in [3.8, 4) is 0 Å². The summed E-state index contributed by atoms with van der Waals surface area (Å²) in [4.78, 5) is 0. The number of rotatable bonds is 2. The molecule has 17 heavy (non-hydrogen) atoms. The van der Waals surface area contributed by atoms with E-state index in [9.17, 15) is 0 Å². The van der Waals surface area contributed by atoms with E-state index in [1.54, 1.807) is 5.57 Å². The maximum absolute atomic E-state index is 5.38. The van der Waals surface area contributed by atoms with E-state index in [0.717, 1.165) is 6.61 Å². The third kappa shape index (κ3) is 4.37. The first-order chi connectivity index (χ1) is 6.93. The summed E-state index contributed by atoms with van der Waals surface area (Å²) in [5.41, 5.74) is 3.49. The van der Waals surface area contributed by atoms with Crippen LogP contribution in [-0.4, -0.2) is 35.3 Å². The second-order valence-corrected chi connectivity index (χ2v) is 5.87. The Morgan fingerprint density at radius 1 is 1.29 bits per heavy atom. The van der Waals surface area contributed by atoms with Crippen molar-refractivity contribution in [3.05, 3.63) is 23.3 Å². The maximum atomic E-state index is 5.38. The summed E-state index contributed by atoms with van der Waals surface area (Å²) in [6, 6.07) is 0. The molecule has 0 amide bonds. The summed E-state index contributed by atoms with van der Waals surface area (Å²) >= 11 is 0. The number of epoxide rings is 1. The van der Waals surface area contributed by atoms with Crippen molar-refractivity contribution in [2.75, 3.05) is 6.61 Å². The van der Waals surface area contributed by atoms with E-state index in [2.05, 4.69) is 39.8 Å². The molecule has 0 N–H and O–H groups in total. The quantitative estimate of drug-likeness (QED) is 0.547. The zero-order valence-corrected chi connectivity index (χ0v) is 14.6. The fraction of sp³-hybridized carbons (Fsp3) is 0.714. The Hall–Kier alpha value is 0.686. The van der Waals surface area contributed by atoms with Crippen molar-refractivity contribution in [1.29, 1.82) is 0 Å². The fourth-order valence-corrected chi connectivity index (χ4v) is 2.48. The Bertz CT molecular complexity index is 336. The summed E-state index contributed by atoms with van der Waals surface area (Å²) in [5, 5.41) is 0. The Labute approximate surface area is 135 Å². The first-order valence-corrected chi connectivity index (χ1v) is 5.96. The molecule has 0 radical (unpaired) electrons. The zero-order chi connectivity index (χ0) is 11.1. The van der Waals surface area contributed by atoms with Gasteiger partial charge in [0.2, 0.25) is 0 Å². The molecule has 1 nitrogen and oxygen atoms in total. The molecule has 2 rings (SSSR count). The molecule has 2 aliphatic rings. The summed E-state index contributed by atoms with van der Waals surface area (Å²) in [5.74, 6) is 0. The Kier molecular flexibility index (Phi) is 6.47. The van der Waals surface area contributed by atoms with Gasteiger partial charge in [0.05, 0.1) is 6.61 Å². The number of hydrogen-bond donors (Lipinski definition) is 0. The maximum Gasteiger partial charge on any atom is 2.00 e. The molecule has 1 saturated heterocycles. The van der Waals surface area contributed by atoms with Gasteiger partial charge in [0.1, 0.15) is 5.60 Å². The van der Waals surface area contributed by atoms with Crippen LogP contribution in [0, 0.1) is 5.41 Å². The van der Waals surface area contributed by atoms with Crippen LogP contribution < -0.4 is 0 Å². The molecule has 96 valence electrons. The first-order valence-electron chi connectivity index (χ1n) is 5.96. The predicted molar refractivity (Wildman–Crippen MR) is 82.1 cm³/mol. The Balaban J connectivity index is -0.000000640. The van der Waals surface area contributed by atoms with Crippen LogP contribution in [0.5, 0.6) is 0 Å². The van der Waals surface area contributed by atoms with Crippen LogP contribution in [0.4, 0.5) is 0 Å². The van der Waals surface area contributed by atoms with E-state index < -0.39 is 0 Å². The van der Waals surface area contributed by atoms with Gasteiger partial charge in [-0.3, -0.25) is 0 Å². The van der Waals surface area contributed by atoms with Crippen LogP contribution in [0.15, 0.2) is 23.3 Å². The minimum atomic E-state index is 0. The largest absolute Gasteiger partial charge is 2.00 e. The van der Waals surface area contributed by atoms with Crippen molar-refractivity contribution < 1.29 is 7.59 Å². The standard InChI is InChI=1S/C14H22O.BrH.Mg.2H/c1-11-6-5-8-13(2,3)12(11)7-9-14(4)10-15-14;;;;/h7,9H,5-6,8,10H2,1-4H3;1H;;;/q;;+2;2*-1/b9-7+;;;;. The second-order valence-electron chi connectivity index (χ2n) is 5.87. The van der Waals surface area contributed by atoms with Gasteiger partial charge in [-0.05, 0) is 44.1 Å². The van der Waals surface area contributed by atoms with E-state index in [1.165, 1.54) is 24.8 Å². The van der Waals surface area contributed by atoms with Crippen LogP contribution >= 0.6 is 17.0 Å². The summed E-state index contributed by atoms with van der Waals surface area (Å²) < 4.78 is 5.38. The third-order valence-corrected chi connectivity index (χ3v) is 3.74. The number of hydrogen-bond acceptors (Lipinski definition) is 1. The van der Waals surface area contributed by atoms with Gasteiger partial charge in [0, 0.05) is 0 Å². The second kappa shape index (κ2) is 6.22. The predicted octanol–water partition coefficient (Wildman–Crippen LogP) is 4.28. The minimum Gasteiger partial charge on any atom is -1.00 e. The molecular formula is C14H25BrMgO. The zero-order valence-electron chi connectivity index (χ0n) is 13.5. The topological polar surface area (TPSA) is 12.5 Å². The molecule has 1 fully saturated rings. The van der Waals surface area contributed by atoms with Gasteiger partial charge in [0.15, 0.2) is 0 Å². The van der Waals surface area contributed by atoms with Crippen molar-refractivity contribution in [2.45, 2.75) is 52.6 Å². The smallest absolute Gasteiger partial charge is 1.00 e. The van der Waals surface area contributed by atoms with Crippen LogP contribution in [0.1, 0.15) is 49.8 Å². The molecule has 1 unspecified atom stereocenters. The molecule has 1 aliphatic carbocycles. The molecule has 0 aromatic heterocycles. The van der Waals surface area contributed by atoms with Crippen molar-refractivity contribution >= 4 is 40.0 Å². The van der Waals surface area contributed by atoms with E-state index >= 15 is 0 Å². The third-order valence-electron chi connectivity index (χ3n) is 3.74. The average molecular weight is 314 g/mol. The Morgan fingerprint density at radius 3 is 2.35 bits per heavy atom. The molecule has 1 atom stereocenters. The molecule has 3 heteroatoms. The molecule has 0 bridgehead atoms. The van der Waals surface area contributed by atoms with Gasteiger partial charge in [-0.2, -0.15) is 0 Å². The SMILES string of the molecule is Br.CC1=C(/C=C/C2(C)CO2)C(C)(C)CCC1.[H-].[H-].[Mg+2].